The molecule has 0 aliphatic heterocycles. The number of aromatic nitrogens is 3. The van der Waals surface area contributed by atoms with Crippen molar-refractivity contribution in [1.29, 1.82) is 0 Å². The molecule has 0 unspecified atom stereocenters. The smallest absolute Gasteiger partial charge is 0.245 e. The zero-order valence-electron chi connectivity index (χ0n) is 9.75. The Morgan fingerprint density at radius 1 is 1.18 bits per heavy atom. The maximum absolute atomic E-state index is 5.79. The summed E-state index contributed by atoms with van der Waals surface area (Å²) in [4.78, 5) is 3.93. The molecule has 0 spiro atoms. The van der Waals surface area contributed by atoms with Gasteiger partial charge in [0.05, 0.1) is 0 Å². The van der Waals surface area contributed by atoms with Crippen LogP contribution in [0.25, 0.3) is 0 Å². The van der Waals surface area contributed by atoms with Crippen molar-refractivity contribution in [2.45, 2.75) is 26.2 Å². The lowest BCUT2D eigenvalue weighted by Gasteiger charge is -2.06. The van der Waals surface area contributed by atoms with Crippen molar-refractivity contribution >= 4 is 29.0 Å². The summed E-state index contributed by atoms with van der Waals surface area (Å²) in [6, 6.07) is 0. The topological polar surface area (TPSA) is 59.9 Å². The molecule has 1 rings (SSSR count). The molecule has 0 aliphatic rings. The van der Waals surface area contributed by atoms with Gasteiger partial charge in [0.2, 0.25) is 5.28 Å². The van der Waals surface area contributed by atoms with Crippen LogP contribution >= 0.6 is 23.2 Å². The van der Waals surface area contributed by atoms with Crippen LogP contribution < -0.4 is 5.32 Å². The second-order valence-corrected chi connectivity index (χ2v) is 4.16. The molecule has 1 aromatic heterocycles. The summed E-state index contributed by atoms with van der Waals surface area (Å²) in [5.41, 5.74) is 0. The largest absolute Gasteiger partial charge is 0.381 e. The summed E-state index contributed by atoms with van der Waals surface area (Å²) in [5.74, 6) is 0.459. The molecule has 1 N–H and O–H groups in total. The summed E-state index contributed by atoms with van der Waals surface area (Å²) < 4.78 is 5.42. The molecule has 0 fully saturated rings. The molecule has 0 saturated carbocycles. The average molecular weight is 279 g/mol. The number of nitrogens with one attached hydrogen (secondary N) is 1. The van der Waals surface area contributed by atoms with Crippen molar-refractivity contribution in [2.24, 2.45) is 0 Å². The Balaban J connectivity index is 2.15. The van der Waals surface area contributed by atoms with Crippen LogP contribution in [0.1, 0.15) is 26.2 Å². The second kappa shape index (κ2) is 8.44. The first-order valence-corrected chi connectivity index (χ1v) is 6.37. The maximum atomic E-state index is 5.79. The van der Waals surface area contributed by atoms with Crippen molar-refractivity contribution < 1.29 is 4.74 Å². The Morgan fingerprint density at radius 2 is 1.94 bits per heavy atom. The fraction of sp³-hybridized carbons (Fsp3) is 0.700. The van der Waals surface area contributed by atoms with Gasteiger partial charge >= 0.3 is 0 Å². The standard InChI is InChI=1S/C10H16Cl2N4O/c1-2-3-6-17-7-4-5-13-9-8(11)15-16-10(12)14-9/h2-7H2,1H3,(H,13,14,16). The van der Waals surface area contributed by atoms with E-state index in [0.29, 0.717) is 12.4 Å². The van der Waals surface area contributed by atoms with Gasteiger partial charge in [0, 0.05) is 19.8 Å². The Hall–Kier alpha value is -0.650. The van der Waals surface area contributed by atoms with E-state index in [-0.39, 0.29) is 10.4 Å². The molecule has 17 heavy (non-hydrogen) atoms. The lowest BCUT2D eigenvalue weighted by molar-refractivity contribution is 0.131. The number of ether oxygens (including phenoxy) is 1. The molecule has 0 atom stereocenters. The number of hydrogen-bond acceptors (Lipinski definition) is 5. The van der Waals surface area contributed by atoms with E-state index >= 15 is 0 Å². The highest BCUT2D eigenvalue weighted by atomic mass is 35.5. The molecule has 0 saturated heterocycles. The quantitative estimate of drug-likeness (QED) is 0.741. The van der Waals surface area contributed by atoms with Crippen LogP contribution in [0.15, 0.2) is 0 Å². The van der Waals surface area contributed by atoms with Crippen molar-refractivity contribution in [1.82, 2.24) is 15.2 Å². The highest BCUT2D eigenvalue weighted by Gasteiger charge is 2.04. The van der Waals surface area contributed by atoms with Crippen LogP contribution in [0.2, 0.25) is 10.4 Å². The highest BCUT2D eigenvalue weighted by molar-refractivity contribution is 6.32. The first kappa shape index (κ1) is 14.4. The molecule has 0 radical (unpaired) electrons. The third-order valence-corrected chi connectivity index (χ3v) is 2.43. The lowest BCUT2D eigenvalue weighted by Crippen LogP contribution is -2.09. The molecular formula is C10H16Cl2N4O. The number of rotatable bonds is 8. The van der Waals surface area contributed by atoms with E-state index < -0.39 is 0 Å². The minimum Gasteiger partial charge on any atom is -0.381 e. The van der Waals surface area contributed by atoms with Crippen LogP contribution in [-0.4, -0.2) is 34.9 Å². The minimum absolute atomic E-state index is 0.0797. The van der Waals surface area contributed by atoms with Crippen molar-refractivity contribution in [3.8, 4) is 0 Å². The molecular weight excluding hydrogens is 263 g/mol. The molecule has 0 amide bonds. The number of hydrogen-bond donors (Lipinski definition) is 1. The number of nitrogens with zero attached hydrogens (tertiary/aromatic N) is 3. The fourth-order valence-electron chi connectivity index (χ4n) is 1.14. The first-order chi connectivity index (χ1) is 8.24. The van der Waals surface area contributed by atoms with Crippen molar-refractivity contribution in [2.75, 3.05) is 25.1 Å². The summed E-state index contributed by atoms with van der Waals surface area (Å²) in [5, 5.41) is 10.5. The van der Waals surface area contributed by atoms with Crippen LogP contribution in [-0.2, 0) is 4.74 Å². The minimum atomic E-state index is 0.0797. The van der Waals surface area contributed by atoms with Crippen LogP contribution in [0, 0.1) is 0 Å². The van der Waals surface area contributed by atoms with Gasteiger partial charge in [-0.05, 0) is 24.4 Å². The van der Waals surface area contributed by atoms with E-state index in [0.717, 1.165) is 32.5 Å². The Kier molecular flexibility index (Phi) is 7.16. The summed E-state index contributed by atoms with van der Waals surface area (Å²) in [7, 11) is 0. The van der Waals surface area contributed by atoms with E-state index in [1.165, 1.54) is 0 Å². The van der Waals surface area contributed by atoms with Gasteiger partial charge in [-0.15, -0.1) is 10.2 Å². The van der Waals surface area contributed by atoms with Crippen molar-refractivity contribution in [3.63, 3.8) is 0 Å². The zero-order valence-corrected chi connectivity index (χ0v) is 11.3. The number of anilines is 1. The third-order valence-electron chi connectivity index (χ3n) is 2.02. The van der Waals surface area contributed by atoms with E-state index in [1.807, 2.05) is 0 Å². The SMILES string of the molecule is CCCCOCCCNc1nc(Cl)nnc1Cl. The van der Waals surface area contributed by atoms with Gasteiger partial charge in [0.1, 0.15) is 0 Å². The molecule has 1 heterocycles. The average Bonchev–Trinajstić information content (AvgIpc) is 2.32. The Morgan fingerprint density at radius 3 is 2.71 bits per heavy atom. The zero-order chi connectivity index (χ0) is 12.5. The summed E-state index contributed by atoms with van der Waals surface area (Å²) >= 11 is 11.4. The van der Waals surface area contributed by atoms with Gasteiger partial charge in [-0.3, -0.25) is 0 Å². The van der Waals surface area contributed by atoms with Gasteiger partial charge in [-0.1, -0.05) is 24.9 Å². The van der Waals surface area contributed by atoms with Gasteiger partial charge < -0.3 is 10.1 Å². The molecule has 96 valence electrons. The monoisotopic (exact) mass is 278 g/mol. The normalized spacial score (nSPS) is 10.5. The molecule has 7 heteroatoms. The summed E-state index contributed by atoms with van der Waals surface area (Å²) in [6.45, 7) is 4.38. The first-order valence-electron chi connectivity index (χ1n) is 5.61. The van der Waals surface area contributed by atoms with E-state index in [9.17, 15) is 0 Å². The van der Waals surface area contributed by atoms with E-state index in [4.69, 9.17) is 27.9 Å². The van der Waals surface area contributed by atoms with Gasteiger partial charge in [0.15, 0.2) is 11.0 Å². The van der Waals surface area contributed by atoms with Crippen LogP contribution in [0.4, 0.5) is 5.82 Å². The predicted octanol–water partition coefficient (Wildman–Crippen LogP) is 2.80. The van der Waals surface area contributed by atoms with Gasteiger partial charge in [-0.2, -0.15) is 4.98 Å². The second-order valence-electron chi connectivity index (χ2n) is 3.47. The van der Waals surface area contributed by atoms with Crippen molar-refractivity contribution in [3.05, 3.63) is 10.4 Å². The lowest BCUT2D eigenvalue weighted by atomic mass is 10.4. The van der Waals surface area contributed by atoms with Crippen LogP contribution in [0.3, 0.4) is 0 Å². The van der Waals surface area contributed by atoms with Crippen LogP contribution in [0.5, 0.6) is 0 Å². The highest BCUT2D eigenvalue weighted by Crippen LogP contribution is 2.16. The van der Waals surface area contributed by atoms with E-state index in [2.05, 4.69) is 27.4 Å². The molecule has 0 bridgehead atoms. The fourth-order valence-corrected chi connectivity index (χ4v) is 1.40. The third kappa shape index (κ3) is 6.00. The molecule has 1 aromatic rings. The number of halogens is 2. The van der Waals surface area contributed by atoms with Gasteiger partial charge in [-0.25, -0.2) is 0 Å². The molecule has 0 aromatic carbocycles. The Labute approximate surface area is 111 Å². The number of unbranched alkanes of at least 4 members (excludes halogenated alkanes) is 1. The maximum Gasteiger partial charge on any atom is 0.245 e. The Bertz CT molecular complexity index is 338. The van der Waals surface area contributed by atoms with Gasteiger partial charge in [0.25, 0.3) is 0 Å². The molecule has 0 aliphatic carbocycles. The predicted molar refractivity (Wildman–Crippen MR) is 68.7 cm³/mol. The molecule has 5 nitrogen and oxygen atoms in total. The summed E-state index contributed by atoms with van der Waals surface area (Å²) in [6.07, 6.45) is 3.13. The van der Waals surface area contributed by atoms with E-state index in [1.54, 1.807) is 0 Å².